The van der Waals surface area contributed by atoms with Crippen molar-refractivity contribution in [1.82, 2.24) is 0 Å². The molecule has 0 aliphatic carbocycles. The van der Waals surface area contributed by atoms with Gasteiger partial charge in [0.2, 0.25) is 0 Å². The second-order valence-electron chi connectivity index (χ2n) is 4.16. The minimum absolute atomic E-state index is 0.211. The Morgan fingerprint density at radius 2 is 1.89 bits per heavy atom. The lowest BCUT2D eigenvalue weighted by molar-refractivity contribution is -0.147. The minimum Gasteiger partial charge on any atom is -0.466 e. The molecule has 7 nitrogen and oxygen atoms in total. The van der Waals surface area contributed by atoms with Crippen molar-refractivity contribution in [3.8, 4) is 0 Å². The number of carbonyl (C=O) groups is 2. The largest absolute Gasteiger partial charge is 0.466 e. The van der Waals surface area contributed by atoms with Crippen LogP contribution in [0, 0.1) is 0 Å². The van der Waals surface area contributed by atoms with Gasteiger partial charge in [-0.3, -0.25) is 9.59 Å². The Labute approximate surface area is 112 Å². The van der Waals surface area contributed by atoms with Gasteiger partial charge in [-0.25, -0.2) is 0 Å². The Balaban J connectivity index is 3.75. The van der Waals surface area contributed by atoms with Gasteiger partial charge in [0.05, 0.1) is 6.61 Å². The maximum atomic E-state index is 10.9. The second-order valence-corrected chi connectivity index (χ2v) is 4.16. The molecule has 0 aromatic carbocycles. The van der Waals surface area contributed by atoms with E-state index in [1.165, 1.54) is 13.8 Å². The molecule has 0 saturated carbocycles. The molecule has 0 heterocycles. The molecule has 0 amide bonds. The van der Waals surface area contributed by atoms with Crippen molar-refractivity contribution in [3.05, 3.63) is 10.4 Å². The fourth-order valence-corrected chi connectivity index (χ4v) is 1.61. The third-order valence-corrected chi connectivity index (χ3v) is 2.42. The molecule has 7 heteroatoms. The summed E-state index contributed by atoms with van der Waals surface area (Å²) in [6.45, 7) is 3.49. The number of ether oxygens (including phenoxy) is 2. The van der Waals surface area contributed by atoms with Crippen molar-refractivity contribution in [3.63, 3.8) is 0 Å². The lowest BCUT2D eigenvalue weighted by Crippen LogP contribution is -2.17. The van der Waals surface area contributed by atoms with E-state index in [1.807, 2.05) is 0 Å². The zero-order valence-corrected chi connectivity index (χ0v) is 11.5. The third kappa shape index (κ3) is 12.5. The van der Waals surface area contributed by atoms with Gasteiger partial charge < -0.3 is 9.47 Å². The maximum absolute atomic E-state index is 10.9. The van der Waals surface area contributed by atoms with Crippen molar-refractivity contribution in [2.45, 2.75) is 52.1 Å². The molecule has 0 bridgehead atoms. The van der Waals surface area contributed by atoms with Crippen LogP contribution in [0.15, 0.2) is 5.11 Å². The standard InChI is InChI=1S/C12H21N3O4/c1-10(16)18-9-5-3-4-6-12(19-11(2)17)7-8-14-15-13/h12H,3-9H2,1-2H3/t12-/m1/s1. The first-order chi connectivity index (χ1) is 9.06. The molecule has 0 rings (SSSR count). The van der Waals surface area contributed by atoms with E-state index >= 15 is 0 Å². The second kappa shape index (κ2) is 11.3. The quantitative estimate of drug-likeness (QED) is 0.200. The van der Waals surface area contributed by atoms with E-state index < -0.39 is 0 Å². The average molecular weight is 271 g/mol. The van der Waals surface area contributed by atoms with Crippen molar-refractivity contribution in [1.29, 1.82) is 0 Å². The zero-order chi connectivity index (χ0) is 14.5. The summed E-state index contributed by atoms with van der Waals surface area (Å²) in [7, 11) is 0. The Morgan fingerprint density at radius 1 is 1.16 bits per heavy atom. The lowest BCUT2D eigenvalue weighted by Gasteiger charge is -2.15. The summed E-state index contributed by atoms with van der Waals surface area (Å²) < 4.78 is 9.95. The average Bonchev–Trinajstić information content (AvgIpc) is 2.32. The van der Waals surface area contributed by atoms with Crippen molar-refractivity contribution >= 4 is 11.9 Å². The SMILES string of the molecule is CC(=O)OCCCCC[C@H](CCN=[N+]=[N-])OC(C)=O. The monoisotopic (exact) mass is 271 g/mol. The van der Waals surface area contributed by atoms with E-state index in [4.69, 9.17) is 15.0 Å². The number of esters is 2. The molecule has 0 aliphatic rings. The van der Waals surface area contributed by atoms with Crippen LogP contribution in [0.3, 0.4) is 0 Å². The highest BCUT2D eigenvalue weighted by molar-refractivity contribution is 5.66. The number of azide groups is 1. The Morgan fingerprint density at radius 3 is 2.47 bits per heavy atom. The highest BCUT2D eigenvalue weighted by Gasteiger charge is 2.11. The Bertz CT molecular complexity index is 327. The molecule has 0 aromatic heterocycles. The molecule has 0 N–H and O–H groups in total. The molecule has 0 aliphatic heterocycles. The minimum atomic E-state index is -0.328. The number of unbranched alkanes of at least 4 members (excludes halogenated alkanes) is 2. The van der Waals surface area contributed by atoms with Gasteiger partial charge in [0.1, 0.15) is 6.10 Å². The lowest BCUT2D eigenvalue weighted by atomic mass is 10.1. The van der Waals surface area contributed by atoms with Gasteiger partial charge in [-0.15, -0.1) is 0 Å². The predicted molar refractivity (Wildman–Crippen MR) is 69.3 cm³/mol. The number of carbonyl (C=O) groups excluding carboxylic acids is 2. The van der Waals surface area contributed by atoms with Crippen LogP contribution in [0.4, 0.5) is 0 Å². The van der Waals surface area contributed by atoms with Gasteiger partial charge >= 0.3 is 11.9 Å². The summed E-state index contributed by atoms with van der Waals surface area (Å²) in [5.74, 6) is -0.599. The van der Waals surface area contributed by atoms with E-state index in [9.17, 15) is 9.59 Å². The number of hydrogen-bond donors (Lipinski definition) is 0. The molecule has 19 heavy (non-hydrogen) atoms. The van der Waals surface area contributed by atoms with Crippen LogP contribution in [0.2, 0.25) is 0 Å². The molecule has 1 atom stereocenters. The summed E-state index contributed by atoms with van der Waals surface area (Å²) >= 11 is 0. The fourth-order valence-electron chi connectivity index (χ4n) is 1.61. The molecular weight excluding hydrogens is 250 g/mol. The molecular formula is C12H21N3O4. The molecule has 0 fully saturated rings. The first kappa shape index (κ1) is 17.2. The third-order valence-electron chi connectivity index (χ3n) is 2.42. The fraction of sp³-hybridized carbons (Fsp3) is 0.833. The van der Waals surface area contributed by atoms with E-state index in [0.717, 1.165) is 25.7 Å². The number of rotatable bonds is 10. The molecule has 0 radical (unpaired) electrons. The van der Waals surface area contributed by atoms with Gasteiger partial charge in [0, 0.05) is 25.3 Å². The highest BCUT2D eigenvalue weighted by atomic mass is 16.5. The summed E-state index contributed by atoms with van der Waals surface area (Å²) in [6.07, 6.45) is 3.61. The van der Waals surface area contributed by atoms with Gasteiger partial charge in [-0.05, 0) is 37.6 Å². The summed E-state index contributed by atoms with van der Waals surface area (Å²) in [5.41, 5.74) is 8.19. The highest BCUT2D eigenvalue weighted by Crippen LogP contribution is 2.11. The van der Waals surface area contributed by atoms with E-state index in [2.05, 4.69) is 10.0 Å². The molecule has 0 saturated heterocycles. The van der Waals surface area contributed by atoms with Gasteiger partial charge in [-0.2, -0.15) is 0 Å². The zero-order valence-electron chi connectivity index (χ0n) is 11.5. The van der Waals surface area contributed by atoms with Crippen LogP contribution >= 0.6 is 0 Å². The van der Waals surface area contributed by atoms with Crippen molar-refractivity contribution in [2.24, 2.45) is 5.11 Å². The van der Waals surface area contributed by atoms with Crippen molar-refractivity contribution in [2.75, 3.05) is 13.2 Å². The van der Waals surface area contributed by atoms with Gasteiger partial charge in [0.15, 0.2) is 0 Å². The first-order valence-corrected chi connectivity index (χ1v) is 6.37. The summed E-state index contributed by atoms with van der Waals surface area (Å²) in [6, 6.07) is 0. The molecule has 108 valence electrons. The molecule has 0 aromatic rings. The normalized spacial score (nSPS) is 11.3. The van der Waals surface area contributed by atoms with Crippen molar-refractivity contribution < 1.29 is 19.1 Å². The van der Waals surface area contributed by atoms with E-state index in [1.54, 1.807) is 0 Å². The maximum Gasteiger partial charge on any atom is 0.302 e. The van der Waals surface area contributed by atoms with E-state index in [-0.39, 0.29) is 18.0 Å². The summed E-state index contributed by atoms with van der Waals surface area (Å²) in [5, 5.41) is 3.43. The van der Waals surface area contributed by atoms with E-state index in [0.29, 0.717) is 19.6 Å². The summed E-state index contributed by atoms with van der Waals surface area (Å²) in [4.78, 5) is 24.1. The Kier molecular flexibility index (Phi) is 10.3. The van der Waals surface area contributed by atoms with Gasteiger partial charge in [0.25, 0.3) is 0 Å². The van der Waals surface area contributed by atoms with Crippen LogP contribution in [-0.2, 0) is 19.1 Å². The Hall–Kier alpha value is -1.75. The molecule has 0 unspecified atom stereocenters. The number of nitrogens with zero attached hydrogens (tertiary/aromatic N) is 3. The van der Waals surface area contributed by atoms with Crippen LogP contribution in [0.25, 0.3) is 10.4 Å². The molecule has 0 spiro atoms. The number of hydrogen-bond acceptors (Lipinski definition) is 5. The smallest absolute Gasteiger partial charge is 0.302 e. The van der Waals surface area contributed by atoms with Crippen LogP contribution in [0.1, 0.15) is 46.0 Å². The topological polar surface area (TPSA) is 101 Å². The van der Waals surface area contributed by atoms with Crippen LogP contribution in [-0.4, -0.2) is 31.2 Å². The first-order valence-electron chi connectivity index (χ1n) is 6.37. The van der Waals surface area contributed by atoms with Crippen LogP contribution in [0.5, 0.6) is 0 Å². The van der Waals surface area contributed by atoms with Crippen LogP contribution < -0.4 is 0 Å². The van der Waals surface area contributed by atoms with Gasteiger partial charge in [-0.1, -0.05) is 5.11 Å². The predicted octanol–water partition coefficient (Wildman–Crippen LogP) is 2.74.